The van der Waals surface area contributed by atoms with Gasteiger partial charge in [0.2, 0.25) is 5.91 Å². The van der Waals surface area contributed by atoms with Gasteiger partial charge >= 0.3 is 0 Å². The van der Waals surface area contributed by atoms with Crippen molar-refractivity contribution in [2.75, 3.05) is 30.3 Å². The van der Waals surface area contributed by atoms with Crippen LogP contribution in [0.1, 0.15) is 37.3 Å². The fraction of sp³-hybridized carbons (Fsp3) is 0.417. The van der Waals surface area contributed by atoms with E-state index >= 15 is 0 Å². The number of rotatable bonds is 7. The number of nitrogens with zero attached hydrogens (tertiary/aromatic N) is 1. The van der Waals surface area contributed by atoms with Crippen LogP contribution < -0.4 is 15.4 Å². The number of likely N-dealkylation sites (tertiary alicyclic amines) is 1. The lowest BCUT2D eigenvalue weighted by Gasteiger charge is -2.32. The van der Waals surface area contributed by atoms with Crippen molar-refractivity contribution in [3.05, 3.63) is 53.3 Å². The molecule has 1 saturated heterocycles. The maximum Gasteiger partial charge on any atom is 0.262 e. The molecule has 0 spiro atoms. The van der Waals surface area contributed by atoms with Crippen molar-refractivity contribution in [3.63, 3.8) is 0 Å². The molecule has 2 aromatic rings. The highest BCUT2D eigenvalue weighted by Gasteiger charge is 2.20. The number of piperidine rings is 1. The second-order valence-corrected chi connectivity index (χ2v) is 8.14. The number of hydrogen-bond acceptors (Lipinski definition) is 4. The van der Waals surface area contributed by atoms with Crippen molar-refractivity contribution in [3.8, 4) is 5.75 Å². The Kier molecular flexibility index (Phi) is 7.63. The largest absolute Gasteiger partial charge is 0.484 e. The number of aryl methyl sites for hydroxylation is 2. The fourth-order valence-electron chi connectivity index (χ4n) is 3.62. The van der Waals surface area contributed by atoms with E-state index in [1.54, 1.807) is 6.07 Å². The fourth-order valence-corrected chi connectivity index (χ4v) is 3.62. The summed E-state index contributed by atoms with van der Waals surface area (Å²) in [7, 11) is 0. The molecule has 2 amide bonds. The van der Waals surface area contributed by atoms with Crippen molar-refractivity contribution in [2.24, 2.45) is 0 Å². The summed E-state index contributed by atoms with van der Waals surface area (Å²) in [5, 5.41) is 5.30. The molecule has 31 heavy (non-hydrogen) atoms. The number of hydrogen-bond donors (Lipinski definition) is 2. The third kappa shape index (κ3) is 6.52. The van der Waals surface area contributed by atoms with Crippen molar-refractivity contribution in [2.45, 2.75) is 46.1 Å². The Labute approximate surface area is 182 Å². The highest BCUT2D eigenvalue weighted by atomic mass is 19.1. The van der Waals surface area contributed by atoms with E-state index in [2.05, 4.69) is 22.5 Å². The molecule has 0 saturated carbocycles. The quantitative estimate of drug-likeness (QED) is 0.692. The van der Waals surface area contributed by atoms with E-state index in [0.29, 0.717) is 24.0 Å². The predicted octanol–water partition coefficient (Wildman–Crippen LogP) is 4.27. The van der Waals surface area contributed by atoms with Crippen LogP contribution in [0.2, 0.25) is 0 Å². The molecule has 2 aromatic carbocycles. The van der Waals surface area contributed by atoms with Crippen LogP contribution in [0.5, 0.6) is 5.75 Å². The number of carbonyl (C=O) groups is 2. The summed E-state index contributed by atoms with van der Waals surface area (Å²) in [5.41, 5.74) is 2.62. The van der Waals surface area contributed by atoms with E-state index in [-0.39, 0.29) is 18.2 Å². The first-order valence-corrected chi connectivity index (χ1v) is 10.6. The first-order chi connectivity index (χ1) is 14.8. The molecule has 1 heterocycles. The van der Waals surface area contributed by atoms with Crippen molar-refractivity contribution in [1.82, 2.24) is 4.90 Å². The van der Waals surface area contributed by atoms with Gasteiger partial charge < -0.3 is 15.4 Å². The van der Waals surface area contributed by atoms with Gasteiger partial charge in [-0.25, -0.2) is 4.39 Å². The molecule has 2 N–H and O–H groups in total. The van der Waals surface area contributed by atoms with Gasteiger partial charge in [0.25, 0.3) is 5.91 Å². The first-order valence-electron chi connectivity index (χ1n) is 10.6. The lowest BCUT2D eigenvalue weighted by molar-refractivity contribution is -0.118. The normalized spacial score (nSPS) is 16.6. The molecule has 1 atom stereocenters. The van der Waals surface area contributed by atoms with E-state index in [4.69, 9.17) is 4.74 Å². The minimum absolute atomic E-state index is 0.00201. The summed E-state index contributed by atoms with van der Waals surface area (Å²) in [6, 6.07) is 10.0. The average Bonchev–Trinajstić information content (AvgIpc) is 2.73. The number of halogens is 1. The molecule has 7 heteroatoms. The molecule has 1 fully saturated rings. The summed E-state index contributed by atoms with van der Waals surface area (Å²) < 4.78 is 19.7. The van der Waals surface area contributed by atoms with E-state index in [1.165, 1.54) is 24.6 Å². The molecule has 0 unspecified atom stereocenters. The molecule has 0 bridgehead atoms. The number of nitrogens with one attached hydrogen (secondary N) is 2. The Morgan fingerprint density at radius 2 is 1.87 bits per heavy atom. The Balaban J connectivity index is 1.55. The van der Waals surface area contributed by atoms with Crippen LogP contribution in [-0.4, -0.2) is 42.5 Å². The van der Waals surface area contributed by atoms with Crippen molar-refractivity contribution < 1.29 is 18.7 Å². The third-order valence-electron chi connectivity index (χ3n) is 5.66. The van der Waals surface area contributed by atoms with Crippen LogP contribution in [0.15, 0.2) is 36.4 Å². The molecular weight excluding hydrogens is 397 g/mol. The van der Waals surface area contributed by atoms with Crippen LogP contribution in [0, 0.1) is 19.7 Å². The molecule has 0 aliphatic carbocycles. The summed E-state index contributed by atoms with van der Waals surface area (Å²) >= 11 is 0. The zero-order valence-electron chi connectivity index (χ0n) is 18.3. The molecule has 1 aliphatic heterocycles. The van der Waals surface area contributed by atoms with Crippen LogP contribution in [0.3, 0.4) is 0 Å². The van der Waals surface area contributed by atoms with Crippen molar-refractivity contribution >= 4 is 23.2 Å². The molecule has 1 aliphatic rings. The zero-order valence-corrected chi connectivity index (χ0v) is 18.3. The van der Waals surface area contributed by atoms with E-state index in [1.807, 2.05) is 26.0 Å². The highest BCUT2D eigenvalue weighted by Crippen LogP contribution is 2.21. The lowest BCUT2D eigenvalue weighted by atomic mass is 10.0. The van der Waals surface area contributed by atoms with Crippen LogP contribution >= 0.6 is 0 Å². The topological polar surface area (TPSA) is 70.7 Å². The number of benzene rings is 2. The molecular formula is C24H30FN3O3. The Morgan fingerprint density at radius 3 is 2.61 bits per heavy atom. The molecule has 0 aromatic heterocycles. The average molecular weight is 428 g/mol. The number of ether oxygens (including phenoxy) is 1. The van der Waals surface area contributed by atoms with Gasteiger partial charge in [-0.15, -0.1) is 0 Å². The SMILES string of the molecule is Cc1ccc(OCC(=O)Nc2cc(NC(=O)CN3CCCC[C@H]3C)ccc2F)cc1C. The minimum Gasteiger partial charge on any atom is -0.484 e. The Morgan fingerprint density at radius 1 is 1.06 bits per heavy atom. The molecule has 3 rings (SSSR count). The van der Waals surface area contributed by atoms with E-state index in [9.17, 15) is 14.0 Å². The van der Waals surface area contributed by atoms with Gasteiger partial charge in [0.05, 0.1) is 12.2 Å². The molecule has 6 nitrogen and oxygen atoms in total. The van der Waals surface area contributed by atoms with Crippen LogP contribution in [-0.2, 0) is 9.59 Å². The monoisotopic (exact) mass is 427 g/mol. The smallest absolute Gasteiger partial charge is 0.262 e. The standard InChI is InChI=1S/C24H30FN3O3/c1-16-7-9-20(12-17(16)2)31-15-24(30)27-22-13-19(8-10-21(22)25)26-23(29)14-28-11-5-4-6-18(28)3/h7-10,12-13,18H,4-6,11,14-15H2,1-3H3,(H,26,29)(H,27,30)/t18-/m1/s1. The van der Waals surface area contributed by atoms with Crippen LogP contribution in [0.4, 0.5) is 15.8 Å². The van der Waals surface area contributed by atoms with Gasteiger partial charge in [0.1, 0.15) is 11.6 Å². The number of amides is 2. The minimum atomic E-state index is -0.581. The summed E-state index contributed by atoms with van der Waals surface area (Å²) in [5.74, 6) is -0.646. The summed E-state index contributed by atoms with van der Waals surface area (Å²) in [6.45, 7) is 7.03. The Hall–Kier alpha value is -2.93. The van der Waals surface area contributed by atoms with Gasteiger partial charge in [0.15, 0.2) is 6.61 Å². The summed E-state index contributed by atoms with van der Waals surface area (Å²) in [6.07, 6.45) is 3.37. The van der Waals surface area contributed by atoms with Gasteiger partial charge in [-0.3, -0.25) is 14.5 Å². The third-order valence-corrected chi connectivity index (χ3v) is 5.66. The second-order valence-electron chi connectivity index (χ2n) is 8.14. The zero-order chi connectivity index (χ0) is 22.4. The van der Waals surface area contributed by atoms with Gasteiger partial charge in [0, 0.05) is 11.7 Å². The van der Waals surface area contributed by atoms with E-state index in [0.717, 1.165) is 30.5 Å². The number of carbonyl (C=O) groups excluding carboxylic acids is 2. The first kappa shape index (κ1) is 22.7. The Bertz CT molecular complexity index is 948. The second kappa shape index (κ2) is 10.4. The van der Waals surface area contributed by atoms with Gasteiger partial charge in [-0.1, -0.05) is 12.5 Å². The van der Waals surface area contributed by atoms with Gasteiger partial charge in [-0.05, 0) is 81.6 Å². The number of anilines is 2. The lowest BCUT2D eigenvalue weighted by Crippen LogP contribution is -2.42. The van der Waals surface area contributed by atoms with Gasteiger partial charge in [-0.2, -0.15) is 0 Å². The van der Waals surface area contributed by atoms with Crippen molar-refractivity contribution in [1.29, 1.82) is 0 Å². The molecule has 166 valence electrons. The summed E-state index contributed by atoms with van der Waals surface area (Å²) in [4.78, 5) is 26.8. The maximum atomic E-state index is 14.2. The van der Waals surface area contributed by atoms with Crippen LogP contribution in [0.25, 0.3) is 0 Å². The predicted molar refractivity (Wildman–Crippen MR) is 120 cm³/mol. The maximum absolute atomic E-state index is 14.2. The van der Waals surface area contributed by atoms with E-state index < -0.39 is 11.7 Å². The molecule has 0 radical (unpaired) electrons. The highest BCUT2D eigenvalue weighted by molar-refractivity contribution is 5.95.